The number of hydrogen-bond acceptors (Lipinski definition) is 6. The Morgan fingerprint density at radius 1 is 1.02 bits per heavy atom. The second-order valence-electron chi connectivity index (χ2n) is 9.76. The van der Waals surface area contributed by atoms with E-state index in [4.69, 9.17) is 16.0 Å². The van der Waals surface area contributed by atoms with Gasteiger partial charge in [-0.1, -0.05) is 49.6 Å². The number of halogens is 2. The summed E-state index contributed by atoms with van der Waals surface area (Å²) in [5, 5.41) is 22.4. The van der Waals surface area contributed by atoms with Gasteiger partial charge in [-0.15, -0.1) is 23.2 Å². The number of nitrogens with zero attached hydrogens (tertiary/aromatic N) is 2. The van der Waals surface area contributed by atoms with Crippen molar-refractivity contribution in [1.29, 1.82) is 0 Å². The zero-order valence-corrected chi connectivity index (χ0v) is 25.0. The molecular weight excluding hydrogens is 575 g/mol. The summed E-state index contributed by atoms with van der Waals surface area (Å²) in [6, 6.07) is 14.3. The highest BCUT2D eigenvalue weighted by atomic mass is 35.5. The van der Waals surface area contributed by atoms with Gasteiger partial charge >= 0.3 is 0 Å². The normalized spacial score (nSPS) is 14.7. The maximum absolute atomic E-state index is 12.8. The molecule has 1 atom stereocenters. The fraction of sp³-hybridized carbons (Fsp3) is 0.212. The highest BCUT2D eigenvalue weighted by Gasteiger charge is 2.36. The molecule has 3 heterocycles. The van der Waals surface area contributed by atoms with E-state index in [9.17, 15) is 19.8 Å². The van der Waals surface area contributed by atoms with Gasteiger partial charge in [0, 0.05) is 67.1 Å². The number of fused-ring (bicyclic) bond motifs is 4. The van der Waals surface area contributed by atoms with Gasteiger partial charge in [0.1, 0.15) is 11.5 Å². The second-order valence-corrected chi connectivity index (χ2v) is 10.1. The van der Waals surface area contributed by atoms with Gasteiger partial charge in [-0.2, -0.15) is 0 Å². The molecule has 1 unspecified atom stereocenters. The monoisotopic (exact) mass is 606 g/mol. The number of aromatic hydroxyl groups is 2. The number of phenolic OH excluding ortho intramolecular Hbond substituents is 2. The Bertz CT molecular complexity index is 1660. The van der Waals surface area contributed by atoms with Gasteiger partial charge in [-0.25, -0.2) is 0 Å². The lowest BCUT2D eigenvalue weighted by Gasteiger charge is -2.17. The molecule has 0 radical (unpaired) electrons. The first kappa shape index (κ1) is 30.8. The van der Waals surface area contributed by atoms with Gasteiger partial charge in [0.05, 0.1) is 5.69 Å². The summed E-state index contributed by atoms with van der Waals surface area (Å²) in [6.45, 7) is 8.92. The summed E-state index contributed by atoms with van der Waals surface area (Å²) in [5.41, 5.74) is 5.20. The number of rotatable bonds is 5. The van der Waals surface area contributed by atoms with E-state index in [1.54, 1.807) is 12.2 Å². The van der Waals surface area contributed by atoms with Crippen LogP contribution in [0, 0.1) is 0 Å². The Morgan fingerprint density at radius 3 is 2.31 bits per heavy atom. The molecule has 6 rings (SSSR count). The van der Waals surface area contributed by atoms with Crippen molar-refractivity contribution < 1.29 is 24.2 Å². The van der Waals surface area contributed by atoms with Crippen molar-refractivity contribution in [2.24, 2.45) is 0 Å². The van der Waals surface area contributed by atoms with Gasteiger partial charge in [-0.05, 0) is 40.6 Å². The number of phenols is 2. The van der Waals surface area contributed by atoms with Crippen molar-refractivity contribution in [3.63, 3.8) is 0 Å². The maximum Gasteiger partial charge on any atom is 0.294 e. The first-order valence-electron chi connectivity index (χ1n) is 13.2. The number of likely N-dealkylation sites (N-methyl/N-ethyl adjacent to an activating group) is 1. The van der Waals surface area contributed by atoms with Crippen LogP contribution in [-0.2, 0) is 6.42 Å². The number of anilines is 2. The van der Waals surface area contributed by atoms with Gasteiger partial charge in [0.15, 0.2) is 17.8 Å². The number of alkyl halides is 2. The molecule has 2 aliphatic rings. The van der Waals surface area contributed by atoms with Gasteiger partial charge in [0.2, 0.25) is 0 Å². The predicted octanol–water partition coefficient (Wildman–Crippen LogP) is 7.46. The lowest BCUT2D eigenvalue weighted by Crippen LogP contribution is -2.29. The molecule has 1 aromatic heterocycles. The Balaban J connectivity index is 0.000000202. The van der Waals surface area contributed by atoms with Crippen LogP contribution in [0.4, 0.5) is 11.4 Å². The van der Waals surface area contributed by atoms with Crippen LogP contribution in [-0.4, -0.2) is 54.8 Å². The third kappa shape index (κ3) is 5.50. The first-order chi connectivity index (χ1) is 20.3. The largest absolute Gasteiger partial charge is 0.507 e. The summed E-state index contributed by atoms with van der Waals surface area (Å²) in [7, 11) is 2.07. The summed E-state index contributed by atoms with van der Waals surface area (Å²) in [4.78, 5) is 27.3. The fourth-order valence-corrected chi connectivity index (χ4v) is 5.84. The van der Waals surface area contributed by atoms with Crippen LogP contribution in [0.3, 0.4) is 0 Å². The van der Waals surface area contributed by atoms with Crippen molar-refractivity contribution in [3.8, 4) is 11.5 Å². The number of hydrogen-bond donors (Lipinski definition) is 2. The molecule has 0 fully saturated rings. The summed E-state index contributed by atoms with van der Waals surface area (Å²) >= 11 is 10.8. The number of benzene rings is 3. The topological polar surface area (TPSA) is 94.2 Å². The van der Waals surface area contributed by atoms with Crippen LogP contribution in [0.25, 0.3) is 22.9 Å². The van der Waals surface area contributed by atoms with Crippen LogP contribution in [0.15, 0.2) is 66.1 Å². The third-order valence-corrected chi connectivity index (χ3v) is 7.89. The van der Waals surface area contributed by atoms with Crippen LogP contribution in [0.5, 0.6) is 11.5 Å². The molecule has 3 aromatic carbocycles. The van der Waals surface area contributed by atoms with Crippen LogP contribution in [0.1, 0.15) is 49.3 Å². The molecule has 4 aromatic rings. The quantitative estimate of drug-likeness (QED) is 0.181. The SMILES string of the molecule is C=Cc1c(O)cc2c(c1C=C)C(CCl)CN2C(=O)c1ccc(C=O)o1.CCl.CN1CCc2c1cc(O)c1ccccc21. The highest BCUT2D eigenvalue weighted by Crippen LogP contribution is 2.45. The van der Waals surface area contributed by atoms with E-state index in [0.717, 1.165) is 23.9 Å². The zero-order valence-electron chi connectivity index (χ0n) is 23.4. The number of amides is 1. The van der Waals surface area contributed by atoms with Crippen LogP contribution >= 0.6 is 23.2 Å². The molecular formula is C33H32Cl2N2O5. The van der Waals surface area contributed by atoms with Gasteiger partial charge in [0.25, 0.3) is 5.91 Å². The summed E-state index contributed by atoms with van der Waals surface area (Å²) in [6.07, 6.45) is 6.26. The average molecular weight is 608 g/mol. The number of furan rings is 1. The Labute approximate surface area is 254 Å². The minimum absolute atomic E-state index is 0.00435. The molecule has 0 saturated carbocycles. The Kier molecular flexibility index (Phi) is 9.66. The molecule has 9 heteroatoms. The second kappa shape index (κ2) is 13.2. The summed E-state index contributed by atoms with van der Waals surface area (Å²) in [5.74, 6) is 0.305. The van der Waals surface area contributed by atoms with Crippen molar-refractivity contribution in [3.05, 3.63) is 95.5 Å². The lowest BCUT2D eigenvalue weighted by molar-refractivity contribution is 0.0958. The molecule has 0 aliphatic carbocycles. The molecule has 1 amide bonds. The number of carbonyl (C=O) groups excluding carboxylic acids is 2. The highest BCUT2D eigenvalue weighted by molar-refractivity contribution is 6.19. The maximum atomic E-state index is 12.8. The average Bonchev–Trinajstić information content (AvgIpc) is 3.75. The molecule has 7 nitrogen and oxygen atoms in total. The van der Waals surface area contributed by atoms with Crippen LogP contribution < -0.4 is 9.80 Å². The third-order valence-electron chi connectivity index (χ3n) is 7.52. The smallest absolute Gasteiger partial charge is 0.294 e. The minimum atomic E-state index is -0.400. The molecule has 0 saturated heterocycles. The molecule has 2 aliphatic heterocycles. The number of aldehydes is 1. The van der Waals surface area contributed by atoms with Crippen LogP contribution in [0.2, 0.25) is 0 Å². The first-order valence-corrected chi connectivity index (χ1v) is 14.5. The molecule has 218 valence electrons. The van der Waals surface area contributed by atoms with E-state index < -0.39 is 5.91 Å². The molecule has 0 spiro atoms. The van der Waals surface area contributed by atoms with Gasteiger partial charge in [-0.3, -0.25) is 9.59 Å². The lowest BCUT2D eigenvalue weighted by atomic mass is 9.92. The van der Waals surface area contributed by atoms with Crippen molar-refractivity contribution in [2.45, 2.75) is 12.3 Å². The van der Waals surface area contributed by atoms with E-state index in [-0.39, 0.29) is 23.2 Å². The van der Waals surface area contributed by atoms with E-state index >= 15 is 0 Å². The Morgan fingerprint density at radius 2 is 1.69 bits per heavy atom. The van der Waals surface area contributed by atoms with Crippen molar-refractivity contribution in [1.82, 2.24) is 0 Å². The molecule has 0 bridgehead atoms. The zero-order chi connectivity index (χ0) is 30.6. The van der Waals surface area contributed by atoms with E-state index in [0.29, 0.717) is 41.3 Å². The van der Waals surface area contributed by atoms with Crippen molar-refractivity contribution >= 4 is 69.7 Å². The number of carbonyl (C=O) groups is 2. The standard InChI is InChI=1S/C19H16ClNO4.C13H13NO.CH3Cl/c1-3-13-14(4-2)18-11(8-20)9-21(15(18)7-16(13)23)19(24)17-6-5-12(10-22)25-17;1-14-7-6-10-9-4-2-3-5-11(9)13(15)8-12(10)14;1-2/h3-7,10-11,23H,1-2,8-9H2;2-5,8,15H,6-7H2,1H3;1H3. The summed E-state index contributed by atoms with van der Waals surface area (Å²) < 4.78 is 5.23. The van der Waals surface area contributed by atoms with Gasteiger partial charge < -0.3 is 24.4 Å². The van der Waals surface area contributed by atoms with E-state index in [2.05, 4.69) is 42.8 Å². The predicted molar refractivity (Wildman–Crippen MR) is 172 cm³/mol. The van der Waals surface area contributed by atoms with Crippen molar-refractivity contribution in [2.75, 3.05) is 42.2 Å². The molecule has 2 N–H and O–H groups in total. The Hall–Kier alpha value is -4.20. The van der Waals surface area contributed by atoms with E-state index in [1.165, 1.54) is 46.1 Å². The minimum Gasteiger partial charge on any atom is -0.507 e. The molecule has 42 heavy (non-hydrogen) atoms. The fourth-order valence-electron chi connectivity index (χ4n) is 5.59. The van der Waals surface area contributed by atoms with E-state index in [1.807, 2.05) is 24.3 Å².